The molecule has 0 radical (unpaired) electrons. The van der Waals surface area contributed by atoms with Crippen molar-refractivity contribution in [2.75, 3.05) is 7.11 Å². The highest BCUT2D eigenvalue weighted by Crippen LogP contribution is 2.31. The predicted molar refractivity (Wildman–Crippen MR) is 80.9 cm³/mol. The first-order valence-electron chi connectivity index (χ1n) is 7.06. The molecule has 2 atom stereocenters. The van der Waals surface area contributed by atoms with E-state index in [2.05, 4.69) is 33.1 Å². The minimum atomic E-state index is -0.353. The molecule has 0 amide bonds. The van der Waals surface area contributed by atoms with Gasteiger partial charge in [-0.15, -0.1) is 0 Å². The van der Waals surface area contributed by atoms with Crippen LogP contribution in [0.15, 0.2) is 18.2 Å². The topological polar surface area (TPSA) is 47.3 Å². The highest BCUT2D eigenvalue weighted by atomic mass is 19.1. The van der Waals surface area contributed by atoms with Gasteiger partial charge in [-0.2, -0.15) is 0 Å². The number of ether oxygens (including phenoxy) is 1. The fourth-order valence-electron chi connectivity index (χ4n) is 2.73. The molecule has 0 heterocycles. The van der Waals surface area contributed by atoms with Gasteiger partial charge in [0.2, 0.25) is 0 Å². The summed E-state index contributed by atoms with van der Waals surface area (Å²) < 4.78 is 18.7. The molecule has 0 spiro atoms. The minimum absolute atomic E-state index is 0.0484. The zero-order valence-corrected chi connectivity index (χ0v) is 13.2. The van der Waals surface area contributed by atoms with Gasteiger partial charge in [0.05, 0.1) is 7.11 Å². The summed E-state index contributed by atoms with van der Waals surface area (Å²) in [7, 11) is 1.46. The van der Waals surface area contributed by atoms with E-state index in [4.69, 9.17) is 10.6 Å². The lowest BCUT2D eigenvalue weighted by Gasteiger charge is -2.26. The average Bonchev–Trinajstić information content (AvgIpc) is 2.33. The van der Waals surface area contributed by atoms with Gasteiger partial charge in [0.15, 0.2) is 11.6 Å². The molecular weight excluding hydrogens is 255 g/mol. The number of hydrazine groups is 1. The summed E-state index contributed by atoms with van der Waals surface area (Å²) in [5.41, 5.74) is 3.93. The van der Waals surface area contributed by atoms with Gasteiger partial charge in [-0.1, -0.05) is 33.8 Å². The second-order valence-corrected chi connectivity index (χ2v) is 6.72. The van der Waals surface area contributed by atoms with Crippen LogP contribution in [0.2, 0.25) is 0 Å². The first kappa shape index (κ1) is 16.9. The van der Waals surface area contributed by atoms with Crippen molar-refractivity contribution in [3.63, 3.8) is 0 Å². The Bertz CT molecular complexity index is 429. The minimum Gasteiger partial charge on any atom is -0.494 e. The van der Waals surface area contributed by atoms with Gasteiger partial charge >= 0.3 is 0 Å². The summed E-state index contributed by atoms with van der Waals surface area (Å²) in [6.45, 7) is 8.87. The molecular formula is C16H27FN2O. The molecule has 1 rings (SSSR count). The van der Waals surface area contributed by atoms with E-state index in [1.807, 2.05) is 6.07 Å². The summed E-state index contributed by atoms with van der Waals surface area (Å²) >= 11 is 0. The molecule has 4 heteroatoms. The second kappa shape index (κ2) is 7.04. The molecule has 0 saturated heterocycles. The Hall–Kier alpha value is -1.13. The van der Waals surface area contributed by atoms with Gasteiger partial charge < -0.3 is 4.74 Å². The lowest BCUT2D eigenvalue weighted by atomic mass is 9.82. The van der Waals surface area contributed by atoms with E-state index in [1.165, 1.54) is 13.2 Å². The van der Waals surface area contributed by atoms with Gasteiger partial charge in [-0.25, -0.2) is 4.39 Å². The molecule has 0 saturated carbocycles. The molecule has 20 heavy (non-hydrogen) atoms. The predicted octanol–water partition coefficient (Wildman–Crippen LogP) is 3.80. The number of rotatable bonds is 6. The molecule has 0 bridgehead atoms. The van der Waals surface area contributed by atoms with Crippen molar-refractivity contribution in [3.8, 4) is 5.75 Å². The third kappa shape index (κ3) is 5.10. The van der Waals surface area contributed by atoms with Crippen LogP contribution in [0.25, 0.3) is 0 Å². The molecule has 2 unspecified atom stereocenters. The Morgan fingerprint density at radius 1 is 1.35 bits per heavy atom. The third-order valence-electron chi connectivity index (χ3n) is 3.38. The van der Waals surface area contributed by atoms with Crippen molar-refractivity contribution in [2.24, 2.45) is 17.2 Å². The lowest BCUT2D eigenvalue weighted by Crippen LogP contribution is -2.30. The van der Waals surface area contributed by atoms with Crippen molar-refractivity contribution < 1.29 is 9.13 Å². The summed E-state index contributed by atoms with van der Waals surface area (Å²) in [4.78, 5) is 0. The molecule has 1 aromatic rings. The van der Waals surface area contributed by atoms with E-state index in [0.717, 1.165) is 18.4 Å². The quantitative estimate of drug-likeness (QED) is 0.616. The number of hydrogen-bond acceptors (Lipinski definition) is 3. The fraction of sp³-hybridized carbons (Fsp3) is 0.625. The number of nitrogens with two attached hydrogens (primary N) is 1. The smallest absolute Gasteiger partial charge is 0.165 e. The molecule has 114 valence electrons. The number of hydrogen-bond donors (Lipinski definition) is 2. The van der Waals surface area contributed by atoms with Crippen LogP contribution in [0.5, 0.6) is 5.75 Å². The highest BCUT2D eigenvalue weighted by Gasteiger charge is 2.20. The van der Waals surface area contributed by atoms with E-state index < -0.39 is 0 Å². The molecule has 3 nitrogen and oxygen atoms in total. The second-order valence-electron chi connectivity index (χ2n) is 6.72. The molecule has 0 aromatic heterocycles. The van der Waals surface area contributed by atoms with Gasteiger partial charge in [-0.05, 0) is 41.9 Å². The number of halogens is 1. The van der Waals surface area contributed by atoms with Crippen LogP contribution in [-0.2, 0) is 0 Å². The van der Waals surface area contributed by atoms with Crippen LogP contribution in [0, 0.1) is 17.2 Å². The van der Waals surface area contributed by atoms with Crippen LogP contribution < -0.4 is 16.0 Å². The largest absolute Gasteiger partial charge is 0.494 e. The molecule has 0 aliphatic heterocycles. The van der Waals surface area contributed by atoms with Gasteiger partial charge in [0.25, 0.3) is 0 Å². The van der Waals surface area contributed by atoms with E-state index in [9.17, 15) is 4.39 Å². The van der Waals surface area contributed by atoms with Crippen LogP contribution in [0.4, 0.5) is 4.39 Å². The Balaban J connectivity index is 2.78. The number of methoxy groups -OCH3 is 1. The van der Waals surface area contributed by atoms with E-state index in [1.54, 1.807) is 6.07 Å². The van der Waals surface area contributed by atoms with Crippen LogP contribution in [-0.4, -0.2) is 7.11 Å². The van der Waals surface area contributed by atoms with Crippen molar-refractivity contribution in [1.29, 1.82) is 0 Å². The summed E-state index contributed by atoms with van der Waals surface area (Å²) in [6, 6.07) is 4.94. The van der Waals surface area contributed by atoms with Crippen LogP contribution >= 0.6 is 0 Å². The van der Waals surface area contributed by atoms with Gasteiger partial charge in [0.1, 0.15) is 0 Å². The van der Waals surface area contributed by atoms with E-state index in [0.29, 0.717) is 5.92 Å². The first-order chi connectivity index (χ1) is 9.26. The van der Waals surface area contributed by atoms with Crippen molar-refractivity contribution >= 4 is 0 Å². The summed E-state index contributed by atoms with van der Waals surface area (Å²) in [6.07, 6.45) is 1.98. The Kier molecular flexibility index (Phi) is 5.96. The average molecular weight is 282 g/mol. The molecule has 0 fully saturated rings. The van der Waals surface area contributed by atoms with Crippen LogP contribution in [0.1, 0.15) is 52.1 Å². The zero-order chi connectivity index (χ0) is 15.3. The lowest BCUT2D eigenvalue weighted by molar-refractivity contribution is 0.276. The molecule has 1 aromatic carbocycles. The SMILES string of the molecule is COc1ccc(C(CC(C)CC(C)(C)C)NN)cc1F. The first-order valence-corrected chi connectivity index (χ1v) is 7.06. The summed E-state index contributed by atoms with van der Waals surface area (Å²) in [5.74, 6) is 6.04. The molecule has 3 N–H and O–H groups in total. The number of benzene rings is 1. The monoisotopic (exact) mass is 282 g/mol. The molecule has 0 aliphatic rings. The maximum absolute atomic E-state index is 13.8. The standard InChI is InChI=1S/C16H27FN2O/c1-11(10-16(2,3)4)8-14(19-18)12-6-7-15(20-5)13(17)9-12/h6-7,9,11,14,19H,8,10,18H2,1-5H3. The molecule has 0 aliphatic carbocycles. The van der Waals surface area contributed by atoms with E-state index >= 15 is 0 Å². The Morgan fingerprint density at radius 2 is 2.00 bits per heavy atom. The maximum Gasteiger partial charge on any atom is 0.165 e. The maximum atomic E-state index is 13.8. The normalized spacial score (nSPS) is 14.9. The number of nitrogens with one attached hydrogen (secondary N) is 1. The highest BCUT2D eigenvalue weighted by molar-refractivity contribution is 5.31. The third-order valence-corrected chi connectivity index (χ3v) is 3.38. The van der Waals surface area contributed by atoms with Crippen LogP contribution in [0.3, 0.4) is 0 Å². The van der Waals surface area contributed by atoms with Crippen molar-refractivity contribution in [1.82, 2.24) is 5.43 Å². The van der Waals surface area contributed by atoms with Crippen molar-refractivity contribution in [3.05, 3.63) is 29.6 Å². The van der Waals surface area contributed by atoms with Crippen molar-refractivity contribution in [2.45, 2.75) is 46.6 Å². The van der Waals surface area contributed by atoms with Gasteiger partial charge in [0, 0.05) is 6.04 Å². The Morgan fingerprint density at radius 3 is 2.45 bits per heavy atom. The van der Waals surface area contributed by atoms with E-state index in [-0.39, 0.29) is 23.0 Å². The zero-order valence-electron chi connectivity index (χ0n) is 13.2. The van der Waals surface area contributed by atoms with Gasteiger partial charge in [-0.3, -0.25) is 11.3 Å². The summed E-state index contributed by atoms with van der Waals surface area (Å²) in [5, 5.41) is 0. The fourth-order valence-corrected chi connectivity index (χ4v) is 2.73. The Labute approximate surface area is 121 Å².